The van der Waals surface area contributed by atoms with Crippen molar-refractivity contribution in [3.8, 4) is 5.75 Å². The molecule has 2 aromatic rings. The molecule has 204 valence electrons. The number of fused-ring (bicyclic) bond motifs is 2. The van der Waals surface area contributed by atoms with E-state index in [4.69, 9.17) is 9.47 Å². The molecule has 1 spiro atoms. The lowest BCUT2D eigenvalue weighted by atomic mass is 9.82. The second kappa shape index (κ2) is 10.1. The van der Waals surface area contributed by atoms with Crippen LogP contribution in [-0.2, 0) is 26.5 Å². The number of benzene rings is 2. The molecule has 0 saturated carbocycles. The average Bonchev–Trinajstić information content (AvgIpc) is 3.31. The van der Waals surface area contributed by atoms with Crippen LogP contribution in [0.5, 0.6) is 5.75 Å². The summed E-state index contributed by atoms with van der Waals surface area (Å²) in [5, 5.41) is 12.8. The monoisotopic (exact) mass is 541 g/mol. The molecule has 3 heterocycles. The van der Waals surface area contributed by atoms with E-state index in [1.54, 1.807) is 30.0 Å². The molecule has 2 N–H and O–H groups in total. The number of halogens is 1. The highest BCUT2D eigenvalue weighted by Gasteiger charge is 2.66. The quantitative estimate of drug-likeness (QED) is 0.413. The van der Waals surface area contributed by atoms with E-state index in [2.05, 4.69) is 5.32 Å². The highest BCUT2D eigenvalue weighted by molar-refractivity contribution is 6.72. The lowest BCUT2D eigenvalue weighted by molar-refractivity contribution is -0.146. The highest BCUT2D eigenvalue weighted by Crippen LogP contribution is 2.60. The summed E-state index contributed by atoms with van der Waals surface area (Å²) in [5.41, 5.74) is 1.32. The molecular formula is C28H36FN3O5Si. The summed E-state index contributed by atoms with van der Waals surface area (Å²) in [5.74, 6) is -0.0202. The van der Waals surface area contributed by atoms with Gasteiger partial charge < -0.3 is 33.8 Å². The largest absolute Gasteiger partial charge is 0.497 e. The number of nitrogens with zero attached hydrogens (tertiary/aromatic N) is 2. The molecule has 2 aromatic carbocycles. The van der Waals surface area contributed by atoms with Gasteiger partial charge in [0.05, 0.1) is 32.0 Å². The maximum atomic E-state index is 15.7. The Kier molecular flexibility index (Phi) is 7.10. The summed E-state index contributed by atoms with van der Waals surface area (Å²) in [6.45, 7) is 7.04. The highest BCUT2D eigenvalue weighted by atomic mass is 28.4. The molecule has 38 heavy (non-hydrogen) atoms. The van der Waals surface area contributed by atoms with Crippen molar-refractivity contribution in [3.63, 3.8) is 0 Å². The van der Waals surface area contributed by atoms with E-state index >= 15 is 4.11 Å². The Morgan fingerprint density at radius 1 is 1.21 bits per heavy atom. The molecule has 8 nitrogen and oxygen atoms in total. The zero-order valence-corrected chi connectivity index (χ0v) is 23.4. The van der Waals surface area contributed by atoms with Gasteiger partial charge in [0.1, 0.15) is 5.75 Å². The fourth-order valence-electron chi connectivity index (χ4n) is 6.55. The van der Waals surface area contributed by atoms with Gasteiger partial charge in [0.2, 0.25) is 14.3 Å². The predicted molar refractivity (Wildman–Crippen MR) is 146 cm³/mol. The van der Waals surface area contributed by atoms with Gasteiger partial charge in [-0.1, -0.05) is 19.1 Å². The third-order valence-electron chi connectivity index (χ3n) is 8.26. The molecule has 10 heteroatoms. The van der Waals surface area contributed by atoms with Gasteiger partial charge in [-0.15, -0.1) is 0 Å². The van der Waals surface area contributed by atoms with Crippen molar-refractivity contribution in [2.24, 2.45) is 5.92 Å². The van der Waals surface area contributed by atoms with E-state index in [1.807, 2.05) is 49.4 Å². The Balaban J connectivity index is 1.50. The fraction of sp³-hybridized carbons (Fsp3) is 0.500. The van der Waals surface area contributed by atoms with E-state index in [0.717, 1.165) is 17.8 Å². The lowest BCUT2D eigenvalue weighted by Crippen LogP contribution is -2.48. The van der Waals surface area contributed by atoms with E-state index in [9.17, 15) is 14.7 Å². The van der Waals surface area contributed by atoms with E-state index in [-0.39, 0.29) is 24.8 Å². The summed E-state index contributed by atoms with van der Waals surface area (Å²) < 4.78 is 27.7. The number of piperazine rings is 1. The molecule has 2 saturated heterocycles. The smallest absolute Gasteiger partial charge is 0.264 e. The predicted octanol–water partition coefficient (Wildman–Crippen LogP) is 3.34. The molecule has 0 unspecified atom stereocenters. The summed E-state index contributed by atoms with van der Waals surface area (Å²) >= 11 is 0. The van der Waals surface area contributed by atoms with Gasteiger partial charge in [-0.25, -0.2) is 0 Å². The van der Waals surface area contributed by atoms with Gasteiger partial charge >= 0.3 is 0 Å². The minimum atomic E-state index is -3.25. The molecule has 0 bridgehead atoms. The van der Waals surface area contributed by atoms with Gasteiger partial charge in [-0.05, 0) is 55.4 Å². The molecule has 2 amide bonds. The summed E-state index contributed by atoms with van der Waals surface area (Å²) in [6.07, 6.45) is -0.281. The van der Waals surface area contributed by atoms with Crippen molar-refractivity contribution >= 4 is 31.6 Å². The van der Waals surface area contributed by atoms with Crippen molar-refractivity contribution in [1.82, 2.24) is 5.32 Å². The van der Waals surface area contributed by atoms with Crippen LogP contribution >= 0.6 is 0 Å². The van der Waals surface area contributed by atoms with Crippen molar-refractivity contribution in [2.45, 2.75) is 50.2 Å². The van der Waals surface area contributed by atoms with Crippen LogP contribution in [0.3, 0.4) is 0 Å². The number of aliphatic hydroxyl groups excluding tert-OH is 1. The van der Waals surface area contributed by atoms with Gasteiger partial charge in [0.25, 0.3) is 5.91 Å². The molecule has 4 atom stereocenters. The van der Waals surface area contributed by atoms with Gasteiger partial charge in [-0.3, -0.25) is 9.59 Å². The van der Waals surface area contributed by atoms with Crippen LogP contribution in [0.25, 0.3) is 0 Å². The van der Waals surface area contributed by atoms with Crippen LogP contribution in [0, 0.1) is 5.92 Å². The first-order valence-electron chi connectivity index (χ1n) is 13.2. The topological polar surface area (TPSA) is 91.3 Å². The molecule has 0 aliphatic carbocycles. The number of amides is 2. The van der Waals surface area contributed by atoms with Crippen molar-refractivity contribution in [1.29, 1.82) is 0 Å². The van der Waals surface area contributed by atoms with Gasteiger partial charge in [0, 0.05) is 42.4 Å². The third kappa shape index (κ3) is 4.33. The summed E-state index contributed by atoms with van der Waals surface area (Å²) in [4.78, 5) is 30.1. The maximum Gasteiger partial charge on any atom is 0.264 e. The SMILES string of the molecule is COc1ccc2c(c1)[C@]1(O[C@@H](CCO)[C@H]([Si](C)(C)F)[C@H]1C)C(=O)N2Cc1ccc(N2CCNCC2=O)cc1. The Hall–Kier alpha value is -2.79. The minimum absolute atomic E-state index is 0.0298. The standard InChI is InChI=1S/C28H36FN3O5Si/c1-18-26(38(3,4)29)24(11-14-33)37-28(18)22-15-21(36-2)9-10-23(22)32(27(28)35)17-19-5-7-20(8-6-19)31-13-12-30-16-25(31)34/h5-10,15,18,24,26,30,33H,11-14,16-17H2,1-4H3/t18-,24+,26-,28+/m1/s1. The number of ether oxygens (including phenoxy) is 2. The fourth-order valence-corrected chi connectivity index (χ4v) is 9.09. The van der Waals surface area contributed by atoms with Crippen LogP contribution in [-0.4, -0.2) is 64.8 Å². The first-order valence-corrected chi connectivity index (χ1v) is 16.2. The van der Waals surface area contributed by atoms with Gasteiger partial charge in [0.15, 0.2) is 5.60 Å². The Morgan fingerprint density at radius 3 is 2.58 bits per heavy atom. The number of methoxy groups -OCH3 is 1. The number of rotatable bonds is 7. The first kappa shape index (κ1) is 26.8. The Morgan fingerprint density at radius 2 is 1.95 bits per heavy atom. The minimum Gasteiger partial charge on any atom is -0.497 e. The number of nitrogens with one attached hydrogen (secondary N) is 1. The summed E-state index contributed by atoms with van der Waals surface area (Å²) in [6, 6.07) is 13.2. The third-order valence-corrected chi connectivity index (χ3v) is 10.7. The zero-order valence-electron chi connectivity index (χ0n) is 22.4. The molecule has 5 rings (SSSR count). The van der Waals surface area contributed by atoms with Crippen molar-refractivity contribution in [3.05, 3.63) is 53.6 Å². The molecule has 3 aliphatic heterocycles. The van der Waals surface area contributed by atoms with E-state index in [0.29, 0.717) is 36.6 Å². The van der Waals surface area contributed by atoms with E-state index < -0.39 is 31.6 Å². The second-order valence-electron chi connectivity index (χ2n) is 10.9. The molecule has 0 radical (unpaired) electrons. The molecule has 0 aromatic heterocycles. The number of hydrogen-bond acceptors (Lipinski definition) is 6. The number of carbonyl (C=O) groups excluding carboxylic acids is 2. The van der Waals surface area contributed by atoms with Crippen molar-refractivity contribution in [2.75, 3.05) is 43.2 Å². The number of anilines is 2. The normalized spacial score (nSPS) is 27.4. The summed E-state index contributed by atoms with van der Waals surface area (Å²) in [7, 11) is -1.68. The number of aliphatic hydroxyl groups is 1. The lowest BCUT2D eigenvalue weighted by Gasteiger charge is -2.31. The van der Waals surface area contributed by atoms with Crippen molar-refractivity contribution < 1.29 is 28.3 Å². The second-order valence-corrected chi connectivity index (χ2v) is 14.7. The van der Waals surface area contributed by atoms with E-state index in [1.165, 1.54) is 0 Å². The Labute approximate surface area is 223 Å². The van der Waals surface area contributed by atoms with Crippen LogP contribution in [0.1, 0.15) is 24.5 Å². The number of hydrogen-bond donors (Lipinski definition) is 2. The zero-order chi connectivity index (χ0) is 27.2. The van der Waals surface area contributed by atoms with Crippen LogP contribution in [0.15, 0.2) is 42.5 Å². The average molecular weight is 542 g/mol. The number of carbonyl (C=O) groups is 2. The first-order chi connectivity index (χ1) is 18.1. The van der Waals surface area contributed by atoms with Crippen LogP contribution in [0.4, 0.5) is 15.5 Å². The van der Waals surface area contributed by atoms with Gasteiger partial charge in [-0.2, -0.15) is 0 Å². The van der Waals surface area contributed by atoms with Crippen LogP contribution < -0.4 is 19.9 Å². The molecule has 2 fully saturated rings. The molecular weight excluding hydrogens is 505 g/mol. The molecule has 3 aliphatic rings. The Bertz CT molecular complexity index is 1220. The van der Waals surface area contributed by atoms with Crippen LogP contribution in [0.2, 0.25) is 18.6 Å². The maximum absolute atomic E-state index is 15.7.